The van der Waals surface area contributed by atoms with Crippen molar-refractivity contribution >= 4 is 0 Å². The van der Waals surface area contributed by atoms with Crippen molar-refractivity contribution in [3.8, 4) is 0 Å². The number of benzene rings is 1. The highest BCUT2D eigenvalue weighted by molar-refractivity contribution is 5.37. The van der Waals surface area contributed by atoms with E-state index in [-0.39, 0.29) is 5.41 Å². The van der Waals surface area contributed by atoms with Crippen molar-refractivity contribution in [2.45, 2.75) is 44.4 Å². The zero-order valence-electron chi connectivity index (χ0n) is 12.4. The molecule has 1 aromatic carbocycles. The molecule has 1 aliphatic carbocycles. The molecule has 0 spiro atoms. The molecular formula is C17H27NO. The summed E-state index contributed by atoms with van der Waals surface area (Å²) in [5.74, 6) is 0. The second-order valence-corrected chi connectivity index (χ2v) is 5.68. The van der Waals surface area contributed by atoms with E-state index in [9.17, 15) is 0 Å². The summed E-state index contributed by atoms with van der Waals surface area (Å²) in [6.45, 7) is 4.99. The van der Waals surface area contributed by atoms with E-state index >= 15 is 0 Å². The predicted octanol–water partition coefficient (Wildman–Crippen LogP) is 3.30. The largest absolute Gasteiger partial charge is 0.381 e. The first kappa shape index (κ1) is 14.5. The molecule has 1 atom stereocenters. The van der Waals surface area contributed by atoms with Crippen LogP contribution in [0.1, 0.15) is 43.7 Å². The summed E-state index contributed by atoms with van der Waals surface area (Å²) >= 11 is 0. The van der Waals surface area contributed by atoms with E-state index in [1.54, 1.807) is 11.1 Å². The van der Waals surface area contributed by atoms with Gasteiger partial charge in [-0.05, 0) is 50.3 Å². The third-order valence-electron chi connectivity index (χ3n) is 4.28. The van der Waals surface area contributed by atoms with Gasteiger partial charge in [0.1, 0.15) is 0 Å². The Morgan fingerprint density at radius 3 is 2.89 bits per heavy atom. The third kappa shape index (κ3) is 3.37. The van der Waals surface area contributed by atoms with Gasteiger partial charge < -0.3 is 10.1 Å². The van der Waals surface area contributed by atoms with Gasteiger partial charge in [-0.25, -0.2) is 0 Å². The molecule has 2 rings (SSSR count). The van der Waals surface area contributed by atoms with Gasteiger partial charge in [0.05, 0.1) is 0 Å². The van der Waals surface area contributed by atoms with Crippen LogP contribution < -0.4 is 5.32 Å². The molecule has 0 saturated heterocycles. The lowest BCUT2D eigenvalue weighted by atomic mass is 9.68. The highest BCUT2D eigenvalue weighted by Crippen LogP contribution is 2.39. The van der Waals surface area contributed by atoms with E-state index in [0.29, 0.717) is 0 Å². The number of ether oxygens (including phenoxy) is 1. The van der Waals surface area contributed by atoms with Crippen LogP contribution in [-0.2, 0) is 16.6 Å². The predicted molar refractivity (Wildman–Crippen MR) is 80.7 cm³/mol. The summed E-state index contributed by atoms with van der Waals surface area (Å²) in [5.41, 5.74) is 3.37. The van der Waals surface area contributed by atoms with E-state index in [0.717, 1.165) is 32.6 Å². The molecule has 0 fully saturated rings. The molecule has 1 unspecified atom stereocenters. The minimum atomic E-state index is 0.275. The molecule has 2 heteroatoms. The molecule has 19 heavy (non-hydrogen) atoms. The smallest absolute Gasteiger partial charge is 0.0475 e. The lowest BCUT2D eigenvalue weighted by Gasteiger charge is -2.39. The maximum Gasteiger partial charge on any atom is 0.0475 e. The Morgan fingerprint density at radius 2 is 2.11 bits per heavy atom. The molecule has 1 aromatic rings. The number of aryl methyl sites for hydroxylation is 1. The van der Waals surface area contributed by atoms with Crippen LogP contribution in [0.15, 0.2) is 24.3 Å². The van der Waals surface area contributed by atoms with Crippen LogP contribution in [0, 0.1) is 0 Å². The van der Waals surface area contributed by atoms with Crippen LogP contribution >= 0.6 is 0 Å². The minimum absolute atomic E-state index is 0.275. The van der Waals surface area contributed by atoms with Crippen molar-refractivity contribution in [3.05, 3.63) is 35.4 Å². The molecule has 1 N–H and O–H groups in total. The van der Waals surface area contributed by atoms with Crippen LogP contribution in [0.4, 0.5) is 0 Å². The second kappa shape index (κ2) is 7.06. The van der Waals surface area contributed by atoms with E-state index in [1.165, 1.54) is 19.3 Å². The number of hydrogen-bond acceptors (Lipinski definition) is 2. The Labute approximate surface area is 117 Å². The zero-order valence-corrected chi connectivity index (χ0v) is 12.4. The molecule has 0 aliphatic heterocycles. The summed E-state index contributed by atoms with van der Waals surface area (Å²) in [4.78, 5) is 0. The van der Waals surface area contributed by atoms with Crippen molar-refractivity contribution in [2.24, 2.45) is 0 Å². The van der Waals surface area contributed by atoms with Crippen molar-refractivity contribution in [1.29, 1.82) is 0 Å². The van der Waals surface area contributed by atoms with Crippen molar-refractivity contribution in [3.63, 3.8) is 0 Å². The normalized spacial score (nSPS) is 22.2. The summed E-state index contributed by atoms with van der Waals surface area (Å²) < 4.78 is 5.74. The molecule has 0 amide bonds. The van der Waals surface area contributed by atoms with E-state index in [1.807, 2.05) is 0 Å². The van der Waals surface area contributed by atoms with Gasteiger partial charge in [0, 0.05) is 25.2 Å². The first-order valence-corrected chi connectivity index (χ1v) is 7.63. The fraction of sp³-hybridized carbons (Fsp3) is 0.647. The van der Waals surface area contributed by atoms with Crippen LogP contribution in [0.3, 0.4) is 0 Å². The molecule has 106 valence electrons. The summed E-state index contributed by atoms with van der Waals surface area (Å²) in [5, 5.41) is 3.40. The number of fused-ring (bicyclic) bond motifs is 1. The summed E-state index contributed by atoms with van der Waals surface area (Å²) in [6.07, 6.45) is 6.05. The minimum Gasteiger partial charge on any atom is -0.381 e. The van der Waals surface area contributed by atoms with Gasteiger partial charge in [-0.15, -0.1) is 0 Å². The Hall–Kier alpha value is -0.860. The fourth-order valence-electron chi connectivity index (χ4n) is 3.39. The SMILES string of the molecule is CCCOCCC1(CNC)CCCc2ccccc21. The first-order chi connectivity index (χ1) is 9.32. The Kier molecular flexibility index (Phi) is 5.41. The number of hydrogen-bond donors (Lipinski definition) is 1. The molecule has 0 bridgehead atoms. The molecule has 1 aliphatic rings. The first-order valence-electron chi connectivity index (χ1n) is 7.63. The molecule has 0 aromatic heterocycles. The van der Waals surface area contributed by atoms with Gasteiger partial charge in [-0.3, -0.25) is 0 Å². The quantitative estimate of drug-likeness (QED) is 0.760. The monoisotopic (exact) mass is 261 g/mol. The Morgan fingerprint density at radius 1 is 1.26 bits per heavy atom. The molecule has 0 radical (unpaired) electrons. The number of rotatable bonds is 7. The Bertz CT molecular complexity index is 391. The van der Waals surface area contributed by atoms with Crippen molar-refractivity contribution in [2.75, 3.05) is 26.8 Å². The fourth-order valence-corrected chi connectivity index (χ4v) is 3.39. The van der Waals surface area contributed by atoms with Crippen molar-refractivity contribution < 1.29 is 4.74 Å². The van der Waals surface area contributed by atoms with Crippen LogP contribution in [-0.4, -0.2) is 26.8 Å². The maximum atomic E-state index is 5.74. The van der Waals surface area contributed by atoms with Crippen molar-refractivity contribution in [1.82, 2.24) is 5.32 Å². The third-order valence-corrected chi connectivity index (χ3v) is 4.28. The van der Waals surface area contributed by atoms with Gasteiger partial charge in [0.2, 0.25) is 0 Å². The molecule has 0 heterocycles. The lowest BCUT2D eigenvalue weighted by molar-refractivity contribution is 0.109. The second-order valence-electron chi connectivity index (χ2n) is 5.68. The number of nitrogens with one attached hydrogen (secondary N) is 1. The van der Waals surface area contributed by atoms with Crippen LogP contribution in [0.2, 0.25) is 0 Å². The van der Waals surface area contributed by atoms with Gasteiger partial charge in [0.25, 0.3) is 0 Å². The highest BCUT2D eigenvalue weighted by Gasteiger charge is 2.35. The molecule has 2 nitrogen and oxygen atoms in total. The summed E-state index contributed by atoms with van der Waals surface area (Å²) in [6, 6.07) is 8.97. The van der Waals surface area contributed by atoms with E-state index < -0.39 is 0 Å². The topological polar surface area (TPSA) is 21.3 Å². The molecular weight excluding hydrogens is 234 g/mol. The van der Waals surface area contributed by atoms with Gasteiger partial charge >= 0.3 is 0 Å². The highest BCUT2D eigenvalue weighted by atomic mass is 16.5. The zero-order chi connectivity index (χ0) is 13.6. The average Bonchev–Trinajstić information content (AvgIpc) is 2.45. The van der Waals surface area contributed by atoms with E-state index in [2.05, 4.69) is 43.6 Å². The standard InChI is InChI=1S/C17H27NO/c1-3-12-19-13-11-17(14-18-2)10-6-8-15-7-4-5-9-16(15)17/h4-5,7,9,18H,3,6,8,10-14H2,1-2H3. The summed E-state index contributed by atoms with van der Waals surface area (Å²) in [7, 11) is 2.06. The maximum absolute atomic E-state index is 5.74. The van der Waals surface area contributed by atoms with E-state index in [4.69, 9.17) is 4.74 Å². The van der Waals surface area contributed by atoms with Gasteiger partial charge in [0.15, 0.2) is 0 Å². The Balaban J connectivity index is 2.15. The average molecular weight is 261 g/mol. The lowest BCUT2D eigenvalue weighted by Crippen LogP contribution is -2.40. The molecule has 0 saturated carbocycles. The van der Waals surface area contributed by atoms with Crippen LogP contribution in [0.5, 0.6) is 0 Å². The van der Waals surface area contributed by atoms with Gasteiger partial charge in [-0.2, -0.15) is 0 Å². The van der Waals surface area contributed by atoms with Gasteiger partial charge in [-0.1, -0.05) is 31.2 Å². The van der Waals surface area contributed by atoms with Crippen LogP contribution in [0.25, 0.3) is 0 Å². The number of likely N-dealkylation sites (N-methyl/N-ethyl adjacent to an activating group) is 1.